The molecule has 0 aromatic heterocycles. The number of amides is 3. The number of phenolic OH excluding ortho intramolecular Hbond substituents is 2. The summed E-state index contributed by atoms with van der Waals surface area (Å²) >= 11 is 0. The molecule has 43 heavy (non-hydrogen) atoms. The molecule has 0 aliphatic rings. The van der Waals surface area contributed by atoms with Crippen molar-refractivity contribution in [2.45, 2.75) is 63.7 Å². The standard InChI is InChI=1S/C29H41N7O7/c1-16(2)24(30)27(41)36-23(15-18-7-11-20(38)12-8-18)26(40)35-22(14-17-5-9-19(37)10-6-17)25(39)34-21(28(42)43)4-3-13-33-29(31)32/h5-12,16,21-24,37-38H,3-4,13-15,30H2,1-2H3,(H,34,39)(H,35,40)(H,36,41)(H,42,43)(H4,31,32,33)/t21-,22-,23-,24-/m0/s1. The van der Waals surface area contributed by atoms with Crippen molar-refractivity contribution in [1.29, 1.82) is 0 Å². The Morgan fingerprint density at radius 3 is 1.56 bits per heavy atom. The van der Waals surface area contributed by atoms with Gasteiger partial charge in [0.05, 0.1) is 6.04 Å². The molecule has 0 radical (unpaired) electrons. The number of aromatic hydroxyl groups is 2. The van der Waals surface area contributed by atoms with Gasteiger partial charge < -0.3 is 48.5 Å². The minimum absolute atomic E-state index is 0.00123. The van der Waals surface area contributed by atoms with Crippen LogP contribution < -0.4 is 33.2 Å². The number of aliphatic imine (C=N–C) groups is 1. The molecular formula is C29H41N7O7. The molecule has 0 aliphatic heterocycles. The molecule has 0 unspecified atom stereocenters. The Labute approximate surface area is 249 Å². The minimum atomic E-state index is -1.29. The smallest absolute Gasteiger partial charge is 0.326 e. The van der Waals surface area contributed by atoms with Crippen molar-refractivity contribution in [3.63, 3.8) is 0 Å². The number of carboxylic acid groups (broad SMARTS) is 1. The molecule has 14 heteroatoms. The predicted molar refractivity (Wildman–Crippen MR) is 160 cm³/mol. The lowest BCUT2D eigenvalue weighted by molar-refractivity contribution is -0.142. The average Bonchev–Trinajstić information content (AvgIpc) is 2.95. The first-order chi connectivity index (χ1) is 20.3. The van der Waals surface area contributed by atoms with Crippen LogP contribution in [0.15, 0.2) is 53.5 Å². The zero-order valence-electron chi connectivity index (χ0n) is 24.2. The van der Waals surface area contributed by atoms with Gasteiger partial charge in [-0.3, -0.25) is 19.4 Å². The van der Waals surface area contributed by atoms with E-state index in [1.165, 1.54) is 24.3 Å². The number of benzene rings is 2. The van der Waals surface area contributed by atoms with Crippen LogP contribution in [0.5, 0.6) is 11.5 Å². The molecule has 12 N–H and O–H groups in total. The zero-order chi connectivity index (χ0) is 32.1. The number of hydrogen-bond donors (Lipinski definition) is 9. The van der Waals surface area contributed by atoms with Gasteiger partial charge in [0.15, 0.2) is 5.96 Å². The number of guanidine groups is 1. The summed E-state index contributed by atoms with van der Waals surface area (Å²) in [5.74, 6) is -3.68. The third-order valence-electron chi connectivity index (χ3n) is 6.60. The van der Waals surface area contributed by atoms with Crippen LogP contribution in [0.1, 0.15) is 37.8 Å². The lowest BCUT2D eigenvalue weighted by Crippen LogP contribution is -2.58. The summed E-state index contributed by atoms with van der Waals surface area (Å²) in [5.41, 5.74) is 17.8. The highest BCUT2D eigenvalue weighted by atomic mass is 16.4. The van der Waals surface area contributed by atoms with E-state index >= 15 is 0 Å². The number of rotatable bonds is 16. The molecule has 0 fully saturated rings. The lowest BCUT2D eigenvalue weighted by Gasteiger charge is -2.26. The molecule has 0 heterocycles. The number of carbonyl (C=O) groups is 4. The number of carboxylic acids is 1. The van der Waals surface area contributed by atoms with Gasteiger partial charge in [0.2, 0.25) is 17.7 Å². The van der Waals surface area contributed by atoms with E-state index in [1.807, 2.05) is 0 Å². The fraction of sp³-hybridized carbons (Fsp3) is 0.414. The van der Waals surface area contributed by atoms with Crippen molar-refractivity contribution in [3.8, 4) is 11.5 Å². The van der Waals surface area contributed by atoms with Crippen LogP contribution in [0.25, 0.3) is 0 Å². The van der Waals surface area contributed by atoms with Gasteiger partial charge in [0, 0.05) is 19.4 Å². The highest BCUT2D eigenvalue weighted by Crippen LogP contribution is 2.14. The van der Waals surface area contributed by atoms with Crippen LogP contribution in [-0.4, -0.2) is 75.7 Å². The van der Waals surface area contributed by atoms with E-state index in [0.29, 0.717) is 11.1 Å². The number of carbonyl (C=O) groups excluding carboxylic acids is 3. The highest BCUT2D eigenvalue weighted by molar-refractivity contribution is 5.94. The molecule has 2 rings (SSSR count). The van der Waals surface area contributed by atoms with Gasteiger partial charge in [-0.1, -0.05) is 38.1 Å². The molecule has 2 aromatic rings. The summed E-state index contributed by atoms with van der Waals surface area (Å²) in [6, 6.07) is 7.38. The van der Waals surface area contributed by atoms with Gasteiger partial charge >= 0.3 is 5.97 Å². The summed E-state index contributed by atoms with van der Waals surface area (Å²) in [5, 5.41) is 36.7. The Hall–Kier alpha value is -4.85. The topological polar surface area (TPSA) is 255 Å². The maximum atomic E-state index is 13.6. The quantitative estimate of drug-likeness (QED) is 0.0676. The summed E-state index contributed by atoms with van der Waals surface area (Å²) in [4.78, 5) is 55.5. The largest absolute Gasteiger partial charge is 0.508 e. The van der Waals surface area contributed by atoms with Crippen molar-refractivity contribution in [2.24, 2.45) is 28.1 Å². The van der Waals surface area contributed by atoms with Gasteiger partial charge in [0.1, 0.15) is 29.6 Å². The van der Waals surface area contributed by atoms with Crippen LogP contribution in [0.2, 0.25) is 0 Å². The maximum absolute atomic E-state index is 13.6. The van der Waals surface area contributed by atoms with Crippen LogP contribution in [0.4, 0.5) is 0 Å². The predicted octanol–water partition coefficient (Wildman–Crippen LogP) is -0.541. The summed E-state index contributed by atoms with van der Waals surface area (Å²) < 4.78 is 0. The second-order valence-corrected chi connectivity index (χ2v) is 10.5. The third kappa shape index (κ3) is 11.9. The highest BCUT2D eigenvalue weighted by Gasteiger charge is 2.31. The van der Waals surface area contributed by atoms with E-state index in [0.717, 1.165) is 0 Å². The van der Waals surface area contributed by atoms with Crippen LogP contribution >= 0.6 is 0 Å². The van der Waals surface area contributed by atoms with E-state index in [9.17, 15) is 34.5 Å². The van der Waals surface area contributed by atoms with Crippen molar-refractivity contribution >= 4 is 29.7 Å². The first-order valence-corrected chi connectivity index (χ1v) is 13.8. The third-order valence-corrected chi connectivity index (χ3v) is 6.60. The van der Waals surface area contributed by atoms with Crippen molar-refractivity contribution in [1.82, 2.24) is 16.0 Å². The van der Waals surface area contributed by atoms with Gasteiger partial charge in [-0.15, -0.1) is 0 Å². The molecule has 0 spiro atoms. The summed E-state index contributed by atoms with van der Waals surface area (Å²) in [6.07, 6.45) is 0.244. The molecule has 2 aromatic carbocycles. The second-order valence-electron chi connectivity index (χ2n) is 10.5. The second kappa shape index (κ2) is 16.6. The van der Waals surface area contributed by atoms with Crippen LogP contribution in [0, 0.1) is 5.92 Å². The molecule has 4 atom stereocenters. The normalized spacial score (nSPS) is 13.7. The summed E-state index contributed by atoms with van der Waals surface area (Å²) in [6.45, 7) is 3.67. The fourth-order valence-corrected chi connectivity index (χ4v) is 4.03. The molecule has 0 saturated heterocycles. The number of nitrogens with one attached hydrogen (secondary N) is 3. The SMILES string of the molecule is CC(C)[C@H](N)C(=O)N[C@@H](Cc1ccc(O)cc1)C(=O)N[C@@H](Cc1ccc(O)cc1)C(=O)N[C@@H](CCCN=C(N)N)C(=O)O. The lowest BCUT2D eigenvalue weighted by atomic mass is 10.00. The van der Waals surface area contributed by atoms with Crippen molar-refractivity contribution < 1.29 is 34.5 Å². The molecule has 3 amide bonds. The van der Waals surface area contributed by atoms with Gasteiger partial charge in [-0.05, 0) is 54.2 Å². The molecule has 234 valence electrons. The summed E-state index contributed by atoms with van der Waals surface area (Å²) in [7, 11) is 0. The zero-order valence-corrected chi connectivity index (χ0v) is 24.2. The number of nitrogens with zero attached hydrogens (tertiary/aromatic N) is 1. The van der Waals surface area contributed by atoms with Crippen LogP contribution in [-0.2, 0) is 32.0 Å². The Morgan fingerprint density at radius 1 is 0.744 bits per heavy atom. The Balaban J connectivity index is 2.32. The van der Waals surface area contributed by atoms with E-state index < -0.39 is 47.9 Å². The minimum Gasteiger partial charge on any atom is -0.508 e. The van der Waals surface area contributed by atoms with Gasteiger partial charge in [-0.2, -0.15) is 0 Å². The Kier molecular flexibility index (Phi) is 13.2. The van der Waals surface area contributed by atoms with E-state index in [4.69, 9.17) is 17.2 Å². The molecule has 0 bridgehead atoms. The number of hydrogen-bond acceptors (Lipinski definition) is 8. The monoisotopic (exact) mass is 599 g/mol. The number of phenols is 2. The fourth-order valence-electron chi connectivity index (χ4n) is 4.03. The Morgan fingerprint density at radius 2 is 1.16 bits per heavy atom. The van der Waals surface area contributed by atoms with Gasteiger partial charge in [-0.25, -0.2) is 4.79 Å². The Bertz CT molecular complexity index is 1260. The maximum Gasteiger partial charge on any atom is 0.326 e. The van der Waals surface area contributed by atoms with Crippen LogP contribution in [0.3, 0.4) is 0 Å². The number of aliphatic carboxylic acids is 1. The molecule has 14 nitrogen and oxygen atoms in total. The van der Waals surface area contributed by atoms with E-state index in [-0.39, 0.29) is 55.6 Å². The van der Waals surface area contributed by atoms with E-state index in [2.05, 4.69) is 20.9 Å². The first kappa shape index (κ1) is 34.4. The average molecular weight is 600 g/mol. The molecule has 0 saturated carbocycles. The van der Waals surface area contributed by atoms with E-state index in [1.54, 1.807) is 38.1 Å². The number of nitrogens with two attached hydrogens (primary N) is 3. The first-order valence-electron chi connectivity index (χ1n) is 13.8. The molecular weight excluding hydrogens is 558 g/mol. The van der Waals surface area contributed by atoms with Crippen molar-refractivity contribution in [2.75, 3.05) is 6.54 Å². The molecule has 0 aliphatic carbocycles. The van der Waals surface area contributed by atoms with Gasteiger partial charge in [0.25, 0.3) is 0 Å². The van der Waals surface area contributed by atoms with Crippen molar-refractivity contribution in [3.05, 3.63) is 59.7 Å².